The Labute approximate surface area is 200 Å². The Morgan fingerprint density at radius 2 is 1.50 bits per heavy atom. The van der Waals surface area contributed by atoms with Gasteiger partial charge in [0.05, 0.1) is 0 Å². The normalized spacial score (nSPS) is 14.5. The van der Waals surface area contributed by atoms with Gasteiger partial charge in [-0.25, -0.2) is 4.79 Å². The predicted octanol–water partition coefficient (Wildman–Crippen LogP) is 4.62. The summed E-state index contributed by atoms with van der Waals surface area (Å²) in [4.78, 5) is 50.9. The summed E-state index contributed by atoms with van der Waals surface area (Å²) in [5.41, 5.74) is 1.94. The molecule has 0 unspecified atom stereocenters. The molecule has 3 rings (SSSR count). The molecule has 0 heterocycles. The summed E-state index contributed by atoms with van der Waals surface area (Å²) in [6.45, 7) is 7.00. The number of Topliss-reactive ketones (excluding diaryl/α,β-unsaturated/α-hetero) is 2. The molecule has 0 bridgehead atoms. The molecule has 1 N–H and O–H groups in total. The topological polar surface area (TPSA) is 89.5 Å². The molecular weight excluding hydrogens is 430 g/mol. The summed E-state index contributed by atoms with van der Waals surface area (Å²) in [5, 5.41) is 2.79. The third-order valence-electron chi connectivity index (χ3n) is 5.62. The molecule has 34 heavy (non-hydrogen) atoms. The number of nitrogens with one attached hydrogen (secondary N) is 1. The van der Waals surface area contributed by atoms with Gasteiger partial charge < -0.3 is 10.1 Å². The number of carbonyl (C=O) groups is 4. The summed E-state index contributed by atoms with van der Waals surface area (Å²) >= 11 is 0. The zero-order chi connectivity index (χ0) is 24.9. The number of allylic oxidation sites excluding steroid dienone is 2. The van der Waals surface area contributed by atoms with Gasteiger partial charge >= 0.3 is 5.97 Å². The maximum Gasteiger partial charge on any atom is 0.329 e. The van der Waals surface area contributed by atoms with E-state index in [1.54, 1.807) is 52.0 Å². The molecule has 0 saturated heterocycles. The Morgan fingerprint density at radius 3 is 2.12 bits per heavy atom. The van der Waals surface area contributed by atoms with Crippen molar-refractivity contribution in [3.63, 3.8) is 0 Å². The number of esters is 1. The van der Waals surface area contributed by atoms with Crippen LogP contribution >= 0.6 is 0 Å². The van der Waals surface area contributed by atoms with Gasteiger partial charge in [0, 0.05) is 35.1 Å². The molecule has 1 amide bonds. The Bertz CT molecular complexity index is 1120. The smallest absolute Gasteiger partial charge is 0.329 e. The van der Waals surface area contributed by atoms with E-state index in [0.29, 0.717) is 41.5 Å². The molecular formula is C28H31NO5. The van der Waals surface area contributed by atoms with Crippen molar-refractivity contribution in [3.05, 3.63) is 82.4 Å². The first kappa shape index (κ1) is 25.1. The summed E-state index contributed by atoms with van der Waals surface area (Å²) in [6.07, 6.45) is 1.13. The molecule has 1 aliphatic carbocycles. The number of hydrogen-bond acceptors (Lipinski definition) is 5. The van der Waals surface area contributed by atoms with E-state index in [-0.39, 0.29) is 23.9 Å². The minimum Gasteiger partial charge on any atom is -0.458 e. The third kappa shape index (κ3) is 6.28. The first-order chi connectivity index (χ1) is 16.1. The van der Waals surface area contributed by atoms with E-state index in [1.165, 1.54) is 0 Å². The maximum atomic E-state index is 12.9. The zero-order valence-electron chi connectivity index (χ0n) is 20.1. The van der Waals surface area contributed by atoms with Crippen molar-refractivity contribution in [1.82, 2.24) is 5.32 Å². The molecule has 0 radical (unpaired) electrons. The predicted molar refractivity (Wildman–Crippen MR) is 130 cm³/mol. The van der Waals surface area contributed by atoms with Gasteiger partial charge in [0.1, 0.15) is 11.6 Å². The molecule has 6 nitrogen and oxygen atoms in total. The fourth-order valence-electron chi connectivity index (χ4n) is 3.96. The molecule has 178 valence electrons. The standard InChI is InChI=1S/C28H31NO5/c1-18-20(26(32)22-14-9-8-13-21(22)25(18)31)15-10-16-24(30)29-23(27(33)34-28(2,3)4)17-19-11-6-5-7-12-19/h5-9,11-14,23H,10,15-17H2,1-4H3,(H,29,30)/t23-/m0/s1. The van der Waals surface area contributed by atoms with Crippen molar-refractivity contribution in [2.45, 2.75) is 65.0 Å². The van der Waals surface area contributed by atoms with Crippen LogP contribution in [-0.2, 0) is 20.7 Å². The fourth-order valence-corrected chi connectivity index (χ4v) is 3.96. The minimum absolute atomic E-state index is 0.119. The number of fused-ring (bicyclic) bond motifs is 1. The van der Waals surface area contributed by atoms with Crippen LogP contribution in [0.15, 0.2) is 65.7 Å². The van der Waals surface area contributed by atoms with Crippen LogP contribution in [0.5, 0.6) is 0 Å². The second-order valence-corrected chi connectivity index (χ2v) is 9.50. The van der Waals surface area contributed by atoms with Crippen LogP contribution in [0.4, 0.5) is 0 Å². The van der Waals surface area contributed by atoms with Gasteiger partial charge in [0.2, 0.25) is 5.91 Å². The second-order valence-electron chi connectivity index (χ2n) is 9.50. The number of ketones is 2. The van der Waals surface area contributed by atoms with Crippen molar-refractivity contribution in [2.24, 2.45) is 0 Å². The molecule has 0 saturated carbocycles. The monoisotopic (exact) mass is 461 g/mol. The molecule has 1 atom stereocenters. The van der Waals surface area contributed by atoms with Crippen molar-refractivity contribution in [2.75, 3.05) is 0 Å². The average molecular weight is 462 g/mol. The Morgan fingerprint density at radius 1 is 0.912 bits per heavy atom. The van der Waals surface area contributed by atoms with Gasteiger partial charge in [-0.1, -0.05) is 54.6 Å². The first-order valence-electron chi connectivity index (χ1n) is 11.5. The molecule has 2 aromatic carbocycles. The minimum atomic E-state index is -0.820. The highest BCUT2D eigenvalue weighted by atomic mass is 16.6. The third-order valence-corrected chi connectivity index (χ3v) is 5.62. The summed E-state index contributed by atoms with van der Waals surface area (Å²) in [7, 11) is 0. The zero-order valence-corrected chi connectivity index (χ0v) is 20.1. The lowest BCUT2D eigenvalue weighted by atomic mass is 9.83. The van der Waals surface area contributed by atoms with E-state index in [2.05, 4.69) is 5.32 Å². The molecule has 2 aromatic rings. The number of rotatable bonds is 8. The first-order valence-corrected chi connectivity index (χ1v) is 11.5. The highest BCUT2D eigenvalue weighted by molar-refractivity contribution is 6.26. The number of carbonyl (C=O) groups excluding carboxylic acids is 4. The van der Waals surface area contributed by atoms with Crippen molar-refractivity contribution in [1.29, 1.82) is 0 Å². The molecule has 1 aliphatic rings. The van der Waals surface area contributed by atoms with Crippen LogP contribution < -0.4 is 5.32 Å². The average Bonchev–Trinajstić information content (AvgIpc) is 2.79. The lowest BCUT2D eigenvalue weighted by Gasteiger charge is -2.25. The van der Waals surface area contributed by atoms with E-state index in [9.17, 15) is 19.2 Å². The van der Waals surface area contributed by atoms with Crippen LogP contribution in [-0.4, -0.2) is 35.1 Å². The lowest BCUT2D eigenvalue weighted by molar-refractivity contribution is -0.158. The molecule has 0 aliphatic heterocycles. The van der Waals surface area contributed by atoms with E-state index in [0.717, 1.165) is 5.56 Å². The van der Waals surface area contributed by atoms with E-state index in [1.807, 2.05) is 30.3 Å². The van der Waals surface area contributed by atoms with Crippen LogP contribution in [0.2, 0.25) is 0 Å². The largest absolute Gasteiger partial charge is 0.458 e. The van der Waals surface area contributed by atoms with Crippen LogP contribution in [0.3, 0.4) is 0 Å². The van der Waals surface area contributed by atoms with Crippen LogP contribution in [0.25, 0.3) is 0 Å². The fraction of sp³-hybridized carbons (Fsp3) is 0.357. The molecule has 6 heteroatoms. The molecule has 0 spiro atoms. The van der Waals surface area contributed by atoms with Crippen molar-refractivity contribution in [3.8, 4) is 0 Å². The van der Waals surface area contributed by atoms with Crippen LogP contribution in [0, 0.1) is 0 Å². The van der Waals surface area contributed by atoms with Crippen molar-refractivity contribution >= 4 is 23.4 Å². The summed E-state index contributed by atoms with van der Waals surface area (Å²) in [6, 6.07) is 15.4. The highest BCUT2D eigenvalue weighted by Gasteiger charge is 2.30. The quantitative estimate of drug-likeness (QED) is 0.580. The van der Waals surface area contributed by atoms with E-state index >= 15 is 0 Å². The SMILES string of the molecule is CC1=C(CCCC(=O)N[C@@H](Cc2ccccc2)C(=O)OC(C)(C)C)C(=O)c2ccccc2C1=O. The Kier molecular flexibility index (Phi) is 7.82. The van der Waals surface area contributed by atoms with Gasteiger partial charge in [-0.05, 0) is 46.1 Å². The summed E-state index contributed by atoms with van der Waals surface area (Å²) in [5.74, 6) is -1.11. The second kappa shape index (κ2) is 10.6. The number of hydrogen-bond donors (Lipinski definition) is 1. The number of benzene rings is 2. The number of amides is 1. The maximum absolute atomic E-state index is 12.9. The van der Waals surface area contributed by atoms with Crippen molar-refractivity contribution < 1.29 is 23.9 Å². The molecule has 0 aromatic heterocycles. The van der Waals surface area contributed by atoms with Crippen LogP contribution in [0.1, 0.15) is 73.2 Å². The molecule has 0 fully saturated rings. The van der Waals surface area contributed by atoms with Gasteiger partial charge in [0.25, 0.3) is 0 Å². The summed E-state index contributed by atoms with van der Waals surface area (Å²) < 4.78 is 5.50. The van der Waals surface area contributed by atoms with Gasteiger partial charge in [-0.2, -0.15) is 0 Å². The Hall–Kier alpha value is -3.54. The van der Waals surface area contributed by atoms with Gasteiger partial charge in [-0.3, -0.25) is 14.4 Å². The lowest BCUT2D eigenvalue weighted by Crippen LogP contribution is -2.45. The van der Waals surface area contributed by atoms with E-state index in [4.69, 9.17) is 4.74 Å². The highest BCUT2D eigenvalue weighted by Crippen LogP contribution is 2.28. The van der Waals surface area contributed by atoms with E-state index < -0.39 is 17.6 Å². The van der Waals surface area contributed by atoms with Gasteiger partial charge in [0.15, 0.2) is 11.6 Å². The van der Waals surface area contributed by atoms with Gasteiger partial charge in [-0.15, -0.1) is 0 Å². The Balaban J connectivity index is 1.63. The number of ether oxygens (including phenoxy) is 1.